The molecule has 0 amide bonds. The van der Waals surface area contributed by atoms with Crippen molar-refractivity contribution in [2.45, 2.75) is 32.1 Å². The zero-order chi connectivity index (χ0) is 12.8. The molecule has 0 atom stereocenters. The quantitative estimate of drug-likeness (QED) is 0.728. The van der Waals surface area contributed by atoms with Crippen molar-refractivity contribution in [1.29, 1.82) is 0 Å². The predicted octanol–water partition coefficient (Wildman–Crippen LogP) is 4.08. The van der Waals surface area contributed by atoms with Crippen LogP contribution in [0.4, 0.5) is 0 Å². The zero-order valence-corrected chi connectivity index (χ0v) is 11.9. The maximum Gasteiger partial charge on any atom is 0.0923 e. The van der Waals surface area contributed by atoms with Crippen LogP contribution in [0.1, 0.15) is 20.3 Å². The van der Waals surface area contributed by atoms with Crippen molar-refractivity contribution >= 4 is 11.8 Å². The van der Waals surface area contributed by atoms with Crippen molar-refractivity contribution in [1.82, 2.24) is 9.78 Å². The van der Waals surface area contributed by atoms with E-state index in [1.807, 2.05) is 34.6 Å². The Hall–Kier alpha value is -1.22. The van der Waals surface area contributed by atoms with Gasteiger partial charge >= 0.3 is 0 Å². The van der Waals surface area contributed by atoms with E-state index in [-0.39, 0.29) is 0 Å². The molecule has 0 N–H and O–H groups in total. The third-order valence-corrected chi connectivity index (χ3v) is 3.88. The number of aryl methyl sites for hydroxylation is 1. The number of benzene rings is 1. The van der Waals surface area contributed by atoms with Crippen LogP contribution in [-0.4, -0.2) is 20.8 Å². The molecule has 1 aromatic heterocycles. The van der Waals surface area contributed by atoms with Crippen molar-refractivity contribution in [3.63, 3.8) is 0 Å². The molecular formula is C15H20N2S. The van der Waals surface area contributed by atoms with Gasteiger partial charge < -0.3 is 0 Å². The van der Waals surface area contributed by atoms with Gasteiger partial charge in [-0.2, -0.15) is 16.9 Å². The van der Waals surface area contributed by atoms with Gasteiger partial charge in [-0.1, -0.05) is 44.2 Å². The minimum absolute atomic E-state index is 0.725. The third kappa shape index (κ3) is 3.91. The van der Waals surface area contributed by atoms with Crippen LogP contribution < -0.4 is 0 Å². The van der Waals surface area contributed by atoms with Crippen LogP contribution in [0, 0.1) is 0 Å². The molecular weight excluding hydrogens is 240 g/mol. The molecule has 0 unspecified atom stereocenters. The number of rotatable bonds is 6. The Balaban J connectivity index is 1.87. The van der Waals surface area contributed by atoms with E-state index >= 15 is 0 Å². The van der Waals surface area contributed by atoms with E-state index in [0.717, 1.165) is 17.5 Å². The maximum absolute atomic E-state index is 4.60. The van der Waals surface area contributed by atoms with Crippen LogP contribution in [0.3, 0.4) is 0 Å². The van der Waals surface area contributed by atoms with Crippen molar-refractivity contribution in [2.24, 2.45) is 0 Å². The molecule has 0 spiro atoms. The number of hydrogen-bond acceptors (Lipinski definition) is 2. The van der Waals surface area contributed by atoms with Crippen molar-refractivity contribution in [3.8, 4) is 11.3 Å². The van der Waals surface area contributed by atoms with E-state index in [1.54, 1.807) is 0 Å². The van der Waals surface area contributed by atoms with Crippen molar-refractivity contribution < 1.29 is 0 Å². The maximum atomic E-state index is 4.60. The molecule has 0 saturated carbocycles. The van der Waals surface area contributed by atoms with Gasteiger partial charge in [0.1, 0.15) is 0 Å². The summed E-state index contributed by atoms with van der Waals surface area (Å²) in [6.07, 6.45) is 3.25. The fourth-order valence-electron chi connectivity index (χ4n) is 1.79. The highest BCUT2D eigenvalue weighted by molar-refractivity contribution is 7.99. The highest BCUT2D eigenvalue weighted by Gasteiger charge is 2.01. The van der Waals surface area contributed by atoms with Crippen LogP contribution in [0.15, 0.2) is 42.6 Å². The molecule has 0 aliphatic carbocycles. The van der Waals surface area contributed by atoms with E-state index < -0.39 is 0 Å². The average Bonchev–Trinajstić information content (AvgIpc) is 2.84. The zero-order valence-electron chi connectivity index (χ0n) is 11.0. The molecule has 3 heteroatoms. The number of nitrogens with zero attached hydrogens (tertiary/aromatic N) is 2. The molecule has 0 aliphatic heterocycles. The summed E-state index contributed by atoms with van der Waals surface area (Å²) in [4.78, 5) is 0. The lowest BCUT2D eigenvalue weighted by atomic mass is 10.2. The van der Waals surface area contributed by atoms with Gasteiger partial charge in [0.25, 0.3) is 0 Å². The summed E-state index contributed by atoms with van der Waals surface area (Å²) in [5, 5.41) is 5.33. The highest BCUT2D eigenvalue weighted by atomic mass is 32.2. The van der Waals surface area contributed by atoms with Crippen LogP contribution in [0.5, 0.6) is 0 Å². The largest absolute Gasteiger partial charge is 0.272 e. The number of hydrogen-bond donors (Lipinski definition) is 0. The molecule has 1 heterocycles. The molecule has 0 fully saturated rings. The molecule has 0 saturated heterocycles. The SMILES string of the molecule is CC(C)SCCCn1ccc(-c2ccccc2)n1. The first-order valence-electron chi connectivity index (χ1n) is 6.46. The van der Waals surface area contributed by atoms with Gasteiger partial charge in [-0.25, -0.2) is 0 Å². The molecule has 2 rings (SSSR count). The minimum atomic E-state index is 0.725. The van der Waals surface area contributed by atoms with E-state index in [2.05, 4.69) is 43.3 Å². The van der Waals surface area contributed by atoms with Gasteiger partial charge in [0.15, 0.2) is 0 Å². The first kappa shape index (κ1) is 13.2. The summed E-state index contributed by atoms with van der Waals surface area (Å²) >= 11 is 2.01. The summed E-state index contributed by atoms with van der Waals surface area (Å²) in [7, 11) is 0. The summed E-state index contributed by atoms with van der Waals surface area (Å²) in [5.41, 5.74) is 2.25. The van der Waals surface area contributed by atoms with Gasteiger partial charge in [-0.3, -0.25) is 4.68 Å². The molecule has 0 bridgehead atoms. The monoisotopic (exact) mass is 260 g/mol. The predicted molar refractivity (Wildman–Crippen MR) is 79.9 cm³/mol. The molecule has 1 aromatic carbocycles. The topological polar surface area (TPSA) is 17.8 Å². The molecule has 0 aliphatic rings. The van der Waals surface area contributed by atoms with Crippen molar-refractivity contribution in [2.75, 3.05) is 5.75 Å². The molecule has 18 heavy (non-hydrogen) atoms. The Morgan fingerprint density at radius 1 is 1.17 bits per heavy atom. The molecule has 0 radical (unpaired) electrons. The minimum Gasteiger partial charge on any atom is -0.272 e. The van der Waals surface area contributed by atoms with E-state index in [4.69, 9.17) is 0 Å². The van der Waals surface area contributed by atoms with Gasteiger partial charge in [-0.15, -0.1) is 0 Å². The fourth-order valence-corrected chi connectivity index (χ4v) is 2.56. The van der Waals surface area contributed by atoms with Crippen LogP contribution in [0.2, 0.25) is 0 Å². The van der Waals surface area contributed by atoms with Gasteiger partial charge in [0, 0.05) is 18.3 Å². The molecule has 2 nitrogen and oxygen atoms in total. The Kier molecular flexibility index (Phi) is 4.88. The summed E-state index contributed by atoms with van der Waals surface area (Å²) < 4.78 is 2.04. The Morgan fingerprint density at radius 2 is 1.94 bits per heavy atom. The number of aromatic nitrogens is 2. The summed E-state index contributed by atoms with van der Waals surface area (Å²) in [5.74, 6) is 1.21. The lowest BCUT2D eigenvalue weighted by Gasteiger charge is -2.04. The van der Waals surface area contributed by atoms with Gasteiger partial charge in [0.2, 0.25) is 0 Å². The normalized spacial score (nSPS) is 11.1. The van der Waals surface area contributed by atoms with E-state index in [1.165, 1.54) is 17.7 Å². The molecule has 2 aromatic rings. The Bertz CT molecular complexity index is 462. The Labute approximate surface area is 113 Å². The van der Waals surface area contributed by atoms with E-state index in [0.29, 0.717) is 0 Å². The van der Waals surface area contributed by atoms with Crippen LogP contribution >= 0.6 is 11.8 Å². The van der Waals surface area contributed by atoms with Crippen LogP contribution in [-0.2, 0) is 6.54 Å². The second-order valence-corrected chi connectivity index (χ2v) is 6.29. The summed E-state index contributed by atoms with van der Waals surface area (Å²) in [6, 6.07) is 12.4. The van der Waals surface area contributed by atoms with E-state index in [9.17, 15) is 0 Å². The number of thioether (sulfide) groups is 1. The highest BCUT2D eigenvalue weighted by Crippen LogP contribution is 2.16. The van der Waals surface area contributed by atoms with Gasteiger partial charge in [0.05, 0.1) is 5.69 Å². The first-order valence-corrected chi connectivity index (χ1v) is 7.51. The lowest BCUT2D eigenvalue weighted by Crippen LogP contribution is -2.01. The second kappa shape index (κ2) is 6.64. The summed E-state index contributed by atoms with van der Waals surface area (Å²) in [6.45, 7) is 5.49. The lowest BCUT2D eigenvalue weighted by molar-refractivity contribution is 0.608. The standard InChI is InChI=1S/C15H20N2S/c1-13(2)18-12-6-10-17-11-9-15(16-17)14-7-4-3-5-8-14/h3-5,7-9,11,13H,6,10,12H2,1-2H3. The van der Waals surface area contributed by atoms with Gasteiger partial charge in [-0.05, 0) is 23.5 Å². The smallest absolute Gasteiger partial charge is 0.0923 e. The second-order valence-electron chi connectivity index (χ2n) is 4.60. The molecule has 96 valence electrons. The van der Waals surface area contributed by atoms with Crippen molar-refractivity contribution in [3.05, 3.63) is 42.6 Å². The fraction of sp³-hybridized carbons (Fsp3) is 0.400. The Morgan fingerprint density at radius 3 is 2.67 bits per heavy atom. The van der Waals surface area contributed by atoms with Crippen LogP contribution in [0.25, 0.3) is 11.3 Å². The average molecular weight is 260 g/mol. The first-order chi connectivity index (χ1) is 8.75. The third-order valence-electron chi connectivity index (χ3n) is 2.69.